The van der Waals surface area contributed by atoms with E-state index in [4.69, 9.17) is 37.9 Å². The predicted molar refractivity (Wildman–Crippen MR) is 539 cm³/mol. The monoisotopic (exact) mass is 2150 g/mol. The molecule has 4 unspecified atom stereocenters. The summed E-state index contributed by atoms with van der Waals surface area (Å²) in [5.74, 6) is -9.58. The Morgan fingerprint density at radius 1 is 0.315 bits per heavy atom. The average Bonchev–Trinajstić information content (AvgIpc) is 0.896. The summed E-state index contributed by atoms with van der Waals surface area (Å²) in [6.45, 7) is 50.2. The number of nitrogens with one attached hydrogen (secondary N) is 3. The largest absolute Gasteiger partial charge is 0.461 e. The van der Waals surface area contributed by atoms with Gasteiger partial charge in [0.15, 0.2) is 10.2 Å². The molecule has 0 aliphatic heterocycles. The van der Waals surface area contributed by atoms with Crippen molar-refractivity contribution in [1.29, 1.82) is 0 Å². The maximum Gasteiger partial charge on any atom is 0.417 e. The molecule has 44 nitrogen and oxygen atoms in total. The van der Waals surface area contributed by atoms with E-state index < -0.39 is 129 Å². The number of esters is 13. The Kier molecular flexibility index (Phi) is 87.2. The lowest BCUT2D eigenvalue weighted by Crippen LogP contribution is -2.33. The van der Waals surface area contributed by atoms with E-state index in [1.165, 1.54) is 57.3 Å². The fourth-order valence-electron chi connectivity index (χ4n) is 8.53. The first-order valence-corrected chi connectivity index (χ1v) is 49.4. The quantitative estimate of drug-likeness (QED) is 0.00875. The summed E-state index contributed by atoms with van der Waals surface area (Å²) in [6.07, 6.45) is 2.69. The van der Waals surface area contributed by atoms with Crippen LogP contribution in [-0.2, 0) is 173 Å². The fraction of sp³-hybridized carbons (Fsp3) is 0.541. The van der Waals surface area contributed by atoms with Gasteiger partial charge in [-0.15, -0.1) is 0 Å². The highest BCUT2D eigenvalue weighted by molar-refractivity contribution is 8.14. The molecule has 48 heteroatoms. The van der Waals surface area contributed by atoms with Gasteiger partial charge in [0.05, 0.1) is 65.6 Å². The highest BCUT2D eigenvalue weighted by atomic mass is 32.2. The van der Waals surface area contributed by atoms with E-state index >= 15 is 0 Å². The summed E-state index contributed by atoms with van der Waals surface area (Å²) in [4.78, 5) is 216. The van der Waals surface area contributed by atoms with E-state index in [0.29, 0.717) is 149 Å². The Morgan fingerprint density at radius 3 is 1.03 bits per heavy atom. The van der Waals surface area contributed by atoms with Crippen LogP contribution in [-0.4, -0.2) is 343 Å². The Hall–Kier alpha value is -11.8. The average molecular weight is 2150 g/mol. The van der Waals surface area contributed by atoms with Gasteiger partial charge in [-0.25, -0.2) is 62.3 Å². The van der Waals surface area contributed by atoms with Crippen molar-refractivity contribution in [3.05, 3.63) is 152 Å². The lowest BCUT2D eigenvalue weighted by molar-refractivity contribution is -0.172. The zero-order valence-electron chi connectivity index (χ0n) is 84.6. The second kappa shape index (κ2) is 90.7. The van der Waals surface area contributed by atoms with Crippen molar-refractivity contribution in [2.75, 3.05) is 188 Å². The van der Waals surface area contributed by atoms with Crippen LogP contribution in [0.5, 0.6) is 5.75 Å². The number of carbonyl (C=O) groups is 19. The molecule has 146 heavy (non-hydrogen) atoms. The van der Waals surface area contributed by atoms with Gasteiger partial charge in [0.2, 0.25) is 16.1 Å². The minimum Gasteiger partial charge on any atom is -0.461 e. The van der Waals surface area contributed by atoms with Gasteiger partial charge < -0.3 is 122 Å². The predicted octanol–water partition coefficient (Wildman–Crippen LogP) is 6.85. The van der Waals surface area contributed by atoms with Crippen molar-refractivity contribution in [1.82, 2.24) is 16.0 Å². The van der Waals surface area contributed by atoms with E-state index in [9.17, 15) is 112 Å². The smallest absolute Gasteiger partial charge is 0.417 e. The SMILES string of the molecule is C=C(C)C(=O)OCC(O)CCCCOCCOCCNCC(O)COC(=O)C(=C)C.C=C(C)C(=O)OCC(O)COC(=O)C(=O)OCC(O)COC(=O)C(=C)C.C=C(C)C(=O)OCCOC(=O)C(=O)OCCCOC(=O)C(=O)OCCOC(=O)C(=C)C.C=C(C)C(=O)SCCOCCSC(=O)CCC(=O)SCCOCCSC(=O)C(=C)C.C=CCOC(=O)CCc1ccc(OC(=O)NCCCCCNC(=O)C(=C)C)cc1. The molecular formula is C98H143N3O41S4. The second-order valence-electron chi connectivity index (χ2n) is 30.5. The number of hydrogen-bond acceptors (Lipinski definition) is 46. The van der Waals surface area contributed by atoms with Gasteiger partial charge in [0, 0.05) is 120 Å². The van der Waals surface area contributed by atoms with E-state index in [-0.39, 0.29) is 140 Å². The number of aryl methyl sites for hydroxylation is 1. The van der Waals surface area contributed by atoms with Gasteiger partial charge >= 0.3 is 83.7 Å². The molecular weight excluding hydrogens is 2000 g/mol. The third kappa shape index (κ3) is 87.6. The first-order chi connectivity index (χ1) is 69.0. The summed E-state index contributed by atoms with van der Waals surface area (Å²) >= 11 is 4.65. The minimum absolute atomic E-state index is 0.00944. The number of thioether (sulfide) groups is 4. The number of amides is 2. The Morgan fingerprint density at radius 2 is 0.651 bits per heavy atom. The molecule has 4 atom stereocenters. The number of benzene rings is 1. The highest BCUT2D eigenvalue weighted by Gasteiger charge is 2.25. The van der Waals surface area contributed by atoms with Gasteiger partial charge in [0.25, 0.3) is 0 Å². The Bertz CT molecular complexity index is 4170. The minimum atomic E-state index is -1.42. The number of ether oxygens (including phenoxy) is 18. The standard InChI is InChI=1S/C22H30N2O5.C21H37NO8.C20H30O6S4.C19H24O12.C16H22O10/c1-4-16-28-20(25)13-10-18-8-11-19(12-9-18)29-22(27)24-15-7-5-6-14-23-21(26)17(2)3;1-16(2)20(25)29-14-18(23)7-5-6-9-27-11-12-28-10-8-22-13-19(24)15-30-21(26)17(3)4;1-15(2)19(23)29-13-9-25-7-11-27-17(21)5-6-18(22)28-12-8-26-10-14-30-20(24)16(3)4;1-12(2)14(20)28-8-10-30-18(24)16(22)26-6-5-7-27-17(23)19(25)31-11-9-29-15(21)13(3)4;1-9(2)13(19)23-5-11(17)7-25-15(21)16(22)26-8-12(18)6-24-14(20)10(3)4/h4,8-9,11-12H,1-2,5-7,10,13-16H2,3H3,(H,23,26)(H,24,27);18-19,22-24H,1,3,5-15H2,2,4H3;1,3,5-14H2,2,4H3;1,3,5-11H2,2,4H3;11-12,17-18H,1,3,5-8H2,2,4H3. The van der Waals surface area contributed by atoms with Crippen molar-refractivity contribution in [2.45, 2.75) is 157 Å². The molecule has 1 aromatic rings. The molecule has 0 fully saturated rings. The second-order valence-corrected chi connectivity index (χ2v) is 34.9. The van der Waals surface area contributed by atoms with E-state index in [2.05, 4.69) is 129 Å². The fourth-order valence-corrected chi connectivity index (χ4v) is 11.1. The van der Waals surface area contributed by atoms with Crippen LogP contribution in [0.3, 0.4) is 0 Å². The summed E-state index contributed by atoms with van der Waals surface area (Å²) in [6, 6.07) is 6.99. The number of rotatable bonds is 71. The molecule has 1 rings (SSSR count). The number of unbranched alkanes of at least 4 members (excludes halogenated alkanes) is 3. The maximum absolute atomic E-state index is 11.8. The van der Waals surface area contributed by atoms with Crippen LogP contribution >= 0.6 is 47.0 Å². The molecule has 1 aromatic carbocycles. The number of hydrogen-bond donors (Lipinski definition) is 7. The molecule has 0 aliphatic rings. The van der Waals surface area contributed by atoms with Crippen molar-refractivity contribution in [3.63, 3.8) is 0 Å². The summed E-state index contributed by atoms with van der Waals surface area (Å²) in [5.41, 5.74) is 3.70. The lowest BCUT2D eigenvalue weighted by atomic mass is 10.1. The summed E-state index contributed by atoms with van der Waals surface area (Å²) in [7, 11) is 0. The third-order valence-electron chi connectivity index (χ3n) is 16.2. The van der Waals surface area contributed by atoms with Gasteiger partial charge in [-0.1, -0.05) is 131 Å². The zero-order chi connectivity index (χ0) is 111. The number of aliphatic hydroxyl groups excluding tert-OH is 4. The molecule has 0 spiro atoms. The highest BCUT2D eigenvalue weighted by Crippen LogP contribution is 2.17. The molecule has 820 valence electrons. The van der Waals surface area contributed by atoms with Gasteiger partial charge in [0.1, 0.15) is 96.7 Å². The number of carbonyl (C=O) groups excluding carboxylic acids is 19. The van der Waals surface area contributed by atoms with Crippen molar-refractivity contribution in [2.24, 2.45) is 0 Å². The molecule has 0 radical (unpaired) electrons. The van der Waals surface area contributed by atoms with Crippen LogP contribution in [0.1, 0.15) is 132 Å². The topological polar surface area (TPSA) is 607 Å². The van der Waals surface area contributed by atoms with Crippen LogP contribution in [0.15, 0.2) is 146 Å². The van der Waals surface area contributed by atoms with Crippen LogP contribution in [0.2, 0.25) is 0 Å². The van der Waals surface area contributed by atoms with Crippen molar-refractivity contribution < 1.29 is 197 Å². The number of aliphatic hydroxyl groups is 4. The van der Waals surface area contributed by atoms with E-state index in [0.717, 1.165) is 61.2 Å². The van der Waals surface area contributed by atoms with Gasteiger partial charge in [-0.2, -0.15) is 0 Å². The molecule has 0 aliphatic carbocycles. The van der Waals surface area contributed by atoms with Gasteiger partial charge in [-0.05, 0) is 136 Å². The Labute approximate surface area is 868 Å². The van der Waals surface area contributed by atoms with Crippen molar-refractivity contribution >= 4 is 157 Å². The zero-order valence-corrected chi connectivity index (χ0v) is 87.8. The first-order valence-electron chi connectivity index (χ1n) is 45.4. The normalized spacial score (nSPS) is 11.0. The van der Waals surface area contributed by atoms with Crippen LogP contribution in [0.4, 0.5) is 4.79 Å². The van der Waals surface area contributed by atoms with Gasteiger partial charge in [-0.3, -0.25) is 28.8 Å². The van der Waals surface area contributed by atoms with E-state index in [1.54, 1.807) is 46.8 Å². The van der Waals surface area contributed by atoms with Crippen LogP contribution in [0.25, 0.3) is 0 Å². The molecule has 0 bridgehead atoms. The summed E-state index contributed by atoms with van der Waals surface area (Å²) in [5, 5.41) is 46.6. The van der Waals surface area contributed by atoms with E-state index in [1.807, 2.05) is 12.1 Å². The van der Waals surface area contributed by atoms with Crippen LogP contribution < -0.4 is 20.7 Å². The molecule has 0 aromatic heterocycles. The Balaban J connectivity index is -0.000000864. The third-order valence-corrected chi connectivity index (χ3v) is 19.9. The molecule has 7 N–H and O–H groups in total. The lowest BCUT2D eigenvalue weighted by Gasteiger charge is -2.13. The molecule has 0 saturated heterocycles. The molecule has 0 saturated carbocycles. The molecule has 2 amide bonds. The van der Waals surface area contributed by atoms with Crippen molar-refractivity contribution in [3.8, 4) is 5.75 Å². The maximum atomic E-state index is 11.8. The van der Waals surface area contributed by atoms with Crippen LogP contribution in [0, 0.1) is 0 Å². The molecule has 0 heterocycles. The summed E-state index contributed by atoms with van der Waals surface area (Å²) < 4.78 is 87.2. The first kappa shape index (κ1) is 140.